The van der Waals surface area contributed by atoms with E-state index in [-0.39, 0.29) is 0 Å². The van der Waals surface area contributed by atoms with Crippen molar-refractivity contribution < 1.29 is 4.74 Å². The fourth-order valence-corrected chi connectivity index (χ4v) is 3.39. The molecule has 25 heavy (non-hydrogen) atoms. The van der Waals surface area contributed by atoms with Gasteiger partial charge in [-0.15, -0.1) is 0 Å². The molecular formula is C20H30N4O. The summed E-state index contributed by atoms with van der Waals surface area (Å²) in [5.41, 5.74) is 2.08. The van der Waals surface area contributed by atoms with Crippen LogP contribution in [0.4, 0.5) is 5.69 Å². The van der Waals surface area contributed by atoms with E-state index in [1.165, 1.54) is 45.3 Å². The molecular weight excluding hydrogens is 312 g/mol. The minimum Gasteiger partial charge on any atom is -0.497 e. The summed E-state index contributed by atoms with van der Waals surface area (Å²) in [5.74, 6) is 0.874. The van der Waals surface area contributed by atoms with Crippen molar-refractivity contribution in [3.63, 3.8) is 0 Å². The molecule has 0 atom stereocenters. The minimum atomic E-state index is 0.874. The van der Waals surface area contributed by atoms with Gasteiger partial charge < -0.3 is 20.3 Å². The number of pyridine rings is 1. The van der Waals surface area contributed by atoms with Crippen LogP contribution in [0.25, 0.3) is 10.9 Å². The highest BCUT2D eigenvalue weighted by Crippen LogP contribution is 2.27. The topological polar surface area (TPSA) is 49.4 Å². The molecule has 0 bridgehead atoms. The second kappa shape index (κ2) is 9.59. The standard InChI is InChI=1S/C20H30N4O/c1-25-18-15-17-7-6-9-23-20(17)19(16-18)22-8-4-2-3-5-12-24-13-10-21-11-14-24/h6-7,9,15-16,21-22H,2-5,8,10-14H2,1H3. The molecule has 0 radical (unpaired) electrons. The zero-order valence-electron chi connectivity index (χ0n) is 15.3. The Balaban J connectivity index is 1.39. The van der Waals surface area contributed by atoms with Gasteiger partial charge in [-0.2, -0.15) is 0 Å². The second-order valence-electron chi connectivity index (χ2n) is 6.68. The summed E-state index contributed by atoms with van der Waals surface area (Å²) >= 11 is 0. The van der Waals surface area contributed by atoms with Gasteiger partial charge in [-0.25, -0.2) is 0 Å². The second-order valence-corrected chi connectivity index (χ2v) is 6.68. The van der Waals surface area contributed by atoms with Crippen molar-refractivity contribution in [1.29, 1.82) is 0 Å². The summed E-state index contributed by atoms with van der Waals surface area (Å²) in [7, 11) is 1.71. The fraction of sp³-hybridized carbons (Fsp3) is 0.550. The number of hydrogen-bond donors (Lipinski definition) is 2. The van der Waals surface area contributed by atoms with Gasteiger partial charge in [-0.05, 0) is 31.5 Å². The third-order valence-electron chi connectivity index (χ3n) is 4.84. The highest BCUT2D eigenvalue weighted by molar-refractivity contribution is 5.91. The van der Waals surface area contributed by atoms with Crippen LogP contribution in [0.15, 0.2) is 30.5 Å². The summed E-state index contributed by atoms with van der Waals surface area (Å²) in [6.45, 7) is 6.93. The monoisotopic (exact) mass is 342 g/mol. The number of nitrogens with zero attached hydrogens (tertiary/aromatic N) is 2. The minimum absolute atomic E-state index is 0.874. The Bertz CT molecular complexity index is 655. The molecule has 2 aromatic rings. The van der Waals surface area contributed by atoms with Gasteiger partial charge in [-0.1, -0.05) is 18.9 Å². The Morgan fingerprint density at radius 1 is 1.16 bits per heavy atom. The Kier molecular flexibility index (Phi) is 6.89. The number of fused-ring (bicyclic) bond motifs is 1. The number of nitrogens with one attached hydrogen (secondary N) is 2. The van der Waals surface area contributed by atoms with Crippen molar-refractivity contribution in [2.75, 3.05) is 51.7 Å². The van der Waals surface area contributed by atoms with Crippen molar-refractivity contribution in [3.8, 4) is 5.75 Å². The van der Waals surface area contributed by atoms with Crippen molar-refractivity contribution in [1.82, 2.24) is 15.2 Å². The van der Waals surface area contributed by atoms with Gasteiger partial charge in [0.25, 0.3) is 0 Å². The zero-order chi connectivity index (χ0) is 17.3. The summed E-state index contributed by atoms with van der Waals surface area (Å²) < 4.78 is 5.40. The van der Waals surface area contributed by atoms with Gasteiger partial charge in [0.05, 0.1) is 18.3 Å². The number of anilines is 1. The van der Waals surface area contributed by atoms with E-state index in [2.05, 4.69) is 26.6 Å². The molecule has 5 nitrogen and oxygen atoms in total. The van der Waals surface area contributed by atoms with Crippen molar-refractivity contribution in [2.24, 2.45) is 0 Å². The van der Waals surface area contributed by atoms with Gasteiger partial charge in [-0.3, -0.25) is 4.98 Å². The van der Waals surface area contributed by atoms with Gasteiger partial charge >= 0.3 is 0 Å². The molecule has 1 aromatic carbocycles. The zero-order valence-corrected chi connectivity index (χ0v) is 15.3. The average Bonchev–Trinajstić information content (AvgIpc) is 2.67. The summed E-state index contributed by atoms with van der Waals surface area (Å²) in [5, 5.41) is 8.06. The van der Waals surface area contributed by atoms with Crippen molar-refractivity contribution in [2.45, 2.75) is 25.7 Å². The van der Waals surface area contributed by atoms with Gasteiger partial charge in [0.2, 0.25) is 0 Å². The highest BCUT2D eigenvalue weighted by Gasteiger charge is 2.08. The molecule has 136 valence electrons. The molecule has 5 heteroatoms. The first-order valence-electron chi connectivity index (χ1n) is 9.46. The first kappa shape index (κ1) is 18.0. The quantitative estimate of drug-likeness (QED) is 0.686. The Labute approximate surface area is 150 Å². The lowest BCUT2D eigenvalue weighted by Gasteiger charge is -2.27. The molecule has 1 aromatic heterocycles. The molecule has 0 amide bonds. The number of benzene rings is 1. The molecule has 1 aliphatic rings. The number of hydrogen-bond acceptors (Lipinski definition) is 5. The molecule has 1 fully saturated rings. The van der Waals surface area contributed by atoms with Crippen LogP contribution in [0, 0.1) is 0 Å². The van der Waals surface area contributed by atoms with Crippen LogP contribution < -0.4 is 15.4 Å². The lowest BCUT2D eigenvalue weighted by molar-refractivity contribution is 0.236. The van der Waals surface area contributed by atoms with E-state index in [0.29, 0.717) is 0 Å². The first-order valence-corrected chi connectivity index (χ1v) is 9.46. The average molecular weight is 342 g/mol. The molecule has 1 aliphatic heterocycles. The Hall–Kier alpha value is -1.85. The number of rotatable bonds is 9. The third-order valence-corrected chi connectivity index (χ3v) is 4.84. The molecule has 2 heterocycles. The van der Waals surface area contributed by atoms with E-state index in [0.717, 1.165) is 42.0 Å². The van der Waals surface area contributed by atoms with E-state index in [4.69, 9.17) is 4.74 Å². The van der Waals surface area contributed by atoms with Crippen LogP contribution in [0.5, 0.6) is 5.75 Å². The molecule has 0 aliphatic carbocycles. The van der Waals surface area contributed by atoms with Crippen molar-refractivity contribution >= 4 is 16.6 Å². The maximum atomic E-state index is 5.40. The first-order chi connectivity index (χ1) is 12.4. The summed E-state index contributed by atoms with van der Waals surface area (Å²) in [4.78, 5) is 7.08. The van der Waals surface area contributed by atoms with Crippen LogP contribution in [-0.4, -0.2) is 56.3 Å². The number of methoxy groups -OCH3 is 1. The Morgan fingerprint density at radius 2 is 2.00 bits per heavy atom. The fourth-order valence-electron chi connectivity index (χ4n) is 3.39. The van der Waals surface area contributed by atoms with Crippen LogP contribution in [-0.2, 0) is 0 Å². The van der Waals surface area contributed by atoms with Crippen molar-refractivity contribution in [3.05, 3.63) is 30.5 Å². The lowest BCUT2D eigenvalue weighted by atomic mass is 10.1. The number of unbranched alkanes of at least 4 members (excludes halogenated alkanes) is 3. The number of piperazine rings is 1. The maximum absolute atomic E-state index is 5.40. The molecule has 1 saturated heterocycles. The van der Waals surface area contributed by atoms with Crippen LogP contribution in [0.3, 0.4) is 0 Å². The van der Waals surface area contributed by atoms with Crippen LogP contribution >= 0.6 is 0 Å². The van der Waals surface area contributed by atoms with Crippen LogP contribution in [0.2, 0.25) is 0 Å². The summed E-state index contributed by atoms with van der Waals surface area (Å²) in [6, 6.07) is 8.11. The number of ether oxygens (including phenoxy) is 1. The maximum Gasteiger partial charge on any atom is 0.121 e. The predicted octanol–water partition coefficient (Wildman–Crippen LogP) is 3.12. The van der Waals surface area contributed by atoms with E-state index in [1.807, 2.05) is 24.4 Å². The summed E-state index contributed by atoms with van der Waals surface area (Å²) in [6.07, 6.45) is 6.92. The highest BCUT2D eigenvalue weighted by atomic mass is 16.5. The molecule has 0 spiro atoms. The van der Waals surface area contributed by atoms with Gasteiger partial charge in [0, 0.05) is 50.4 Å². The lowest BCUT2D eigenvalue weighted by Crippen LogP contribution is -2.43. The smallest absolute Gasteiger partial charge is 0.121 e. The SMILES string of the molecule is COc1cc(NCCCCCCN2CCNCC2)c2ncccc2c1. The molecule has 2 N–H and O–H groups in total. The molecule has 0 saturated carbocycles. The largest absolute Gasteiger partial charge is 0.497 e. The van der Waals surface area contributed by atoms with E-state index >= 15 is 0 Å². The van der Waals surface area contributed by atoms with E-state index in [9.17, 15) is 0 Å². The third kappa shape index (κ3) is 5.31. The molecule has 3 rings (SSSR count). The van der Waals surface area contributed by atoms with Gasteiger partial charge in [0.1, 0.15) is 5.75 Å². The van der Waals surface area contributed by atoms with Crippen LogP contribution in [0.1, 0.15) is 25.7 Å². The van der Waals surface area contributed by atoms with Gasteiger partial charge in [0.15, 0.2) is 0 Å². The predicted molar refractivity (Wildman–Crippen MR) is 105 cm³/mol. The molecule has 0 unspecified atom stereocenters. The van der Waals surface area contributed by atoms with E-state index in [1.54, 1.807) is 7.11 Å². The normalized spacial score (nSPS) is 15.4. The van der Waals surface area contributed by atoms with E-state index < -0.39 is 0 Å². The number of aromatic nitrogens is 1. The Morgan fingerprint density at radius 3 is 2.84 bits per heavy atom.